The highest BCUT2D eigenvalue weighted by Crippen LogP contribution is 2.31. The smallest absolute Gasteiger partial charge is 0.130 e. The topological polar surface area (TPSA) is 39.9 Å². The Kier molecular flexibility index (Phi) is 3.30. The van der Waals surface area contributed by atoms with Gasteiger partial charge in [-0.15, -0.1) is 0 Å². The van der Waals surface area contributed by atoms with Gasteiger partial charge in [0.2, 0.25) is 0 Å². The zero-order chi connectivity index (χ0) is 12.5. The van der Waals surface area contributed by atoms with Gasteiger partial charge in [-0.05, 0) is 32.9 Å². The number of thioether (sulfide) groups is 1. The van der Waals surface area contributed by atoms with Crippen LogP contribution in [0.5, 0.6) is 0 Å². The van der Waals surface area contributed by atoms with E-state index >= 15 is 0 Å². The predicted octanol–water partition coefficient (Wildman–Crippen LogP) is 2.59. The van der Waals surface area contributed by atoms with Crippen LogP contribution in [-0.2, 0) is 0 Å². The summed E-state index contributed by atoms with van der Waals surface area (Å²) in [5.41, 5.74) is 1.61. The SMILES string of the molecule is Cc1cc(C#N)cc(N2CCSC(C)(C)C2)n1. The van der Waals surface area contributed by atoms with Crippen LogP contribution >= 0.6 is 11.8 Å². The molecule has 0 spiro atoms. The van der Waals surface area contributed by atoms with Gasteiger partial charge in [0.1, 0.15) is 5.82 Å². The van der Waals surface area contributed by atoms with Crippen LogP contribution in [0.15, 0.2) is 12.1 Å². The summed E-state index contributed by atoms with van der Waals surface area (Å²) in [6, 6.07) is 5.91. The van der Waals surface area contributed by atoms with Crippen molar-refractivity contribution >= 4 is 17.6 Å². The molecule has 0 amide bonds. The average molecular weight is 247 g/mol. The van der Waals surface area contributed by atoms with Crippen molar-refractivity contribution < 1.29 is 0 Å². The Labute approximate surface area is 107 Å². The van der Waals surface area contributed by atoms with Crippen molar-refractivity contribution in [2.75, 3.05) is 23.7 Å². The number of anilines is 1. The molecule has 0 atom stereocenters. The molecule has 1 aromatic heterocycles. The third-order valence-electron chi connectivity index (χ3n) is 2.82. The molecule has 1 aliphatic heterocycles. The normalized spacial score (nSPS) is 18.8. The van der Waals surface area contributed by atoms with E-state index in [9.17, 15) is 0 Å². The molecule has 0 radical (unpaired) electrons. The summed E-state index contributed by atoms with van der Waals surface area (Å²) in [6.07, 6.45) is 0. The lowest BCUT2D eigenvalue weighted by molar-refractivity contribution is 0.641. The fourth-order valence-electron chi connectivity index (χ4n) is 2.09. The van der Waals surface area contributed by atoms with Crippen LogP contribution in [0.4, 0.5) is 5.82 Å². The van der Waals surface area contributed by atoms with Crippen LogP contribution in [0, 0.1) is 18.3 Å². The maximum Gasteiger partial charge on any atom is 0.130 e. The molecule has 0 bridgehead atoms. The molecule has 1 saturated heterocycles. The van der Waals surface area contributed by atoms with Gasteiger partial charge in [-0.3, -0.25) is 0 Å². The van der Waals surface area contributed by atoms with Crippen LogP contribution in [-0.4, -0.2) is 28.6 Å². The summed E-state index contributed by atoms with van der Waals surface area (Å²) in [4.78, 5) is 6.82. The first kappa shape index (κ1) is 12.3. The minimum Gasteiger partial charge on any atom is -0.354 e. The first-order chi connectivity index (χ1) is 8.00. The Balaban J connectivity index is 2.28. The van der Waals surface area contributed by atoms with E-state index in [0.29, 0.717) is 5.56 Å². The zero-order valence-electron chi connectivity index (χ0n) is 10.5. The monoisotopic (exact) mass is 247 g/mol. The number of aromatic nitrogens is 1. The van der Waals surface area contributed by atoms with Gasteiger partial charge >= 0.3 is 0 Å². The van der Waals surface area contributed by atoms with Gasteiger partial charge in [0.05, 0.1) is 11.6 Å². The van der Waals surface area contributed by atoms with Gasteiger partial charge in [0, 0.05) is 29.3 Å². The molecular weight excluding hydrogens is 230 g/mol. The molecule has 1 aromatic rings. The number of pyridine rings is 1. The van der Waals surface area contributed by atoms with Crippen molar-refractivity contribution in [3.63, 3.8) is 0 Å². The van der Waals surface area contributed by atoms with Crippen molar-refractivity contribution in [1.29, 1.82) is 5.26 Å². The van der Waals surface area contributed by atoms with Crippen LogP contribution in [0.3, 0.4) is 0 Å². The largest absolute Gasteiger partial charge is 0.354 e. The highest BCUT2D eigenvalue weighted by Gasteiger charge is 2.27. The lowest BCUT2D eigenvalue weighted by Crippen LogP contribution is -2.43. The first-order valence-electron chi connectivity index (χ1n) is 5.78. The minimum atomic E-state index is 0.260. The van der Waals surface area contributed by atoms with E-state index in [1.165, 1.54) is 0 Å². The third-order valence-corrected chi connectivity index (χ3v) is 4.12. The maximum absolute atomic E-state index is 8.99. The fraction of sp³-hybridized carbons (Fsp3) is 0.538. The molecule has 4 heteroatoms. The molecule has 1 aliphatic rings. The van der Waals surface area contributed by atoms with E-state index in [1.54, 1.807) is 0 Å². The van der Waals surface area contributed by atoms with E-state index in [-0.39, 0.29) is 4.75 Å². The molecule has 2 rings (SSSR count). The van der Waals surface area contributed by atoms with E-state index in [0.717, 1.165) is 30.4 Å². The van der Waals surface area contributed by atoms with E-state index in [4.69, 9.17) is 5.26 Å². The third kappa shape index (κ3) is 2.92. The van der Waals surface area contributed by atoms with Crippen LogP contribution in [0.1, 0.15) is 25.1 Å². The minimum absolute atomic E-state index is 0.260. The van der Waals surface area contributed by atoms with Gasteiger partial charge < -0.3 is 4.90 Å². The molecule has 1 fully saturated rings. The molecule has 90 valence electrons. The van der Waals surface area contributed by atoms with Crippen molar-refractivity contribution in [1.82, 2.24) is 4.98 Å². The number of nitriles is 1. The predicted molar refractivity (Wildman–Crippen MR) is 72.4 cm³/mol. The zero-order valence-corrected chi connectivity index (χ0v) is 11.3. The second-order valence-electron chi connectivity index (χ2n) is 5.00. The lowest BCUT2D eigenvalue weighted by atomic mass is 10.1. The summed E-state index contributed by atoms with van der Waals surface area (Å²) in [7, 11) is 0. The summed E-state index contributed by atoms with van der Waals surface area (Å²) in [5.74, 6) is 2.06. The van der Waals surface area contributed by atoms with Gasteiger partial charge in [0.15, 0.2) is 0 Å². The summed E-state index contributed by atoms with van der Waals surface area (Å²) < 4.78 is 0.260. The maximum atomic E-state index is 8.99. The van der Waals surface area contributed by atoms with Crippen molar-refractivity contribution in [3.05, 3.63) is 23.4 Å². The molecule has 0 saturated carbocycles. The average Bonchev–Trinajstić information content (AvgIpc) is 2.27. The van der Waals surface area contributed by atoms with Crippen LogP contribution in [0.25, 0.3) is 0 Å². The summed E-state index contributed by atoms with van der Waals surface area (Å²) in [5, 5.41) is 8.99. The molecule has 3 nitrogen and oxygen atoms in total. The quantitative estimate of drug-likeness (QED) is 0.764. The molecule has 0 aromatic carbocycles. The van der Waals surface area contributed by atoms with E-state index in [1.807, 2.05) is 30.8 Å². The number of rotatable bonds is 1. The Morgan fingerprint density at radius 2 is 2.24 bits per heavy atom. The van der Waals surface area contributed by atoms with Crippen molar-refractivity contribution in [2.24, 2.45) is 0 Å². The lowest BCUT2D eigenvalue weighted by Gasteiger charge is -2.38. The fourth-order valence-corrected chi connectivity index (χ4v) is 3.20. The van der Waals surface area contributed by atoms with Gasteiger partial charge in [-0.1, -0.05) is 0 Å². The van der Waals surface area contributed by atoms with Gasteiger partial charge in [-0.2, -0.15) is 17.0 Å². The van der Waals surface area contributed by atoms with Gasteiger partial charge in [-0.25, -0.2) is 4.98 Å². The van der Waals surface area contributed by atoms with Crippen LogP contribution < -0.4 is 4.90 Å². The summed E-state index contributed by atoms with van der Waals surface area (Å²) in [6.45, 7) is 8.44. The number of aryl methyl sites for hydroxylation is 1. The highest BCUT2D eigenvalue weighted by molar-refractivity contribution is 8.00. The first-order valence-corrected chi connectivity index (χ1v) is 6.76. The van der Waals surface area contributed by atoms with E-state index < -0.39 is 0 Å². The number of hydrogen-bond donors (Lipinski definition) is 0. The standard InChI is InChI=1S/C13H17N3S/c1-10-6-11(8-14)7-12(15-10)16-4-5-17-13(2,3)9-16/h6-7H,4-5,9H2,1-3H3. The Morgan fingerprint density at radius 3 is 2.88 bits per heavy atom. The number of hydrogen-bond acceptors (Lipinski definition) is 4. The molecule has 0 N–H and O–H groups in total. The van der Waals surface area contributed by atoms with Crippen molar-refractivity contribution in [3.8, 4) is 6.07 Å². The Morgan fingerprint density at radius 1 is 1.47 bits per heavy atom. The van der Waals surface area contributed by atoms with E-state index in [2.05, 4.69) is 29.8 Å². The number of nitrogens with zero attached hydrogens (tertiary/aromatic N) is 3. The summed E-state index contributed by atoms with van der Waals surface area (Å²) >= 11 is 2.00. The highest BCUT2D eigenvalue weighted by atomic mass is 32.2. The second-order valence-corrected chi connectivity index (χ2v) is 6.80. The molecule has 2 heterocycles. The molecular formula is C13H17N3S. The second kappa shape index (κ2) is 4.58. The Hall–Kier alpha value is -1.21. The van der Waals surface area contributed by atoms with Crippen LogP contribution in [0.2, 0.25) is 0 Å². The van der Waals surface area contributed by atoms with Gasteiger partial charge in [0.25, 0.3) is 0 Å². The Bertz CT molecular complexity index is 462. The molecule has 0 aliphatic carbocycles. The van der Waals surface area contributed by atoms with Crippen molar-refractivity contribution in [2.45, 2.75) is 25.5 Å². The molecule has 17 heavy (non-hydrogen) atoms. The molecule has 0 unspecified atom stereocenters.